The van der Waals surface area contributed by atoms with E-state index in [4.69, 9.17) is 0 Å². The molecule has 0 bridgehead atoms. The quantitative estimate of drug-likeness (QED) is 0.627. The number of nitrogens with zero attached hydrogens (tertiary/aromatic N) is 5. The monoisotopic (exact) mass is 392 g/mol. The largest absolute Gasteiger partial charge is 0.435 e. The topological polar surface area (TPSA) is 77.6 Å². The maximum absolute atomic E-state index is 12.9. The van der Waals surface area contributed by atoms with Crippen molar-refractivity contribution in [2.24, 2.45) is 0 Å². The van der Waals surface area contributed by atoms with Crippen LogP contribution in [-0.4, -0.2) is 37.2 Å². The number of carbonyl (C=O) groups excluding carboxylic acids is 1. The Bertz CT molecular complexity index is 989. The molecule has 0 saturated heterocycles. The molecule has 1 N–H and O–H groups in total. The third kappa shape index (κ3) is 4.00. The van der Waals surface area contributed by atoms with E-state index in [1.54, 1.807) is 0 Å². The molecule has 3 aromatic rings. The summed E-state index contributed by atoms with van der Waals surface area (Å²) in [5.41, 5.74) is 1.26. The highest BCUT2D eigenvalue weighted by Crippen LogP contribution is 2.42. The molecule has 1 saturated carbocycles. The molecule has 2 heterocycles. The van der Waals surface area contributed by atoms with Crippen LogP contribution >= 0.6 is 0 Å². The van der Waals surface area contributed by atoms with E-state index in [1.165, 1.54) is 9.36 Å². The second-order valence-corrected chi connectivity index (χ2v) is 6.89. The van der Waals surface area contributed by atoms with E-state index in [2.05, 4.69) is 20.7 Å². The zero-order valence-electron chi connectivity index (χ0n) is 15.0. The summed E-state index contributed by atoms with van der Waals surface area (Å²) in [4.78, 5) is 12.1. The Morgan fingerprint density at radius 1 is 1.21 bits per heavy atom. The Balaban J connectivity index is 1.30. The summed E-state index contributed by atoms with van der Waals surface area (Å²) in [6.45, 7) is 0.707. The van der Waals surface area contributed by atoms with Gasteiger partial charge in [0.1, 0.15) is 12.1 Å². The van der Waals surface area contributed by atoms with Gasteiger partial charge in [0, 0.05) is 24.7 Å². The number of hydrogen-bond donors (Lipinski definition) is 1. The van der Waals surface area contributed by atoms with Crippen molar-refractivity contribution in [2.75, 3.05) is 6.54 Å². The Morgan fingerprint density at radius 3 is 2.75 bits per heavy atom. The van der Waals surface area contributed by atoms with Crippen LogP contribution in [-0.2, 0) is 24.1 Å². The van der Waals surface area contributed by atoms with Crippen LogP contribution < -0.4 is 5.32 Å². The molecule has 1 aliphatic carbocycles. The van der Waals surface area contributed by atoms with Gasteiger partial charge in [0.2, 0.25) is 5.91 Å². The lowest BCUT2D eigenvalue weighted by molar-refractivity contribution is -0.141. The van der Waals surface area contributed by atoms with Crippen LogP contribution in [0.25, 0.3) is 11.0 Å². The summed E-state index contributed by atoms with van der Waals surface area (Å²) in [6, 6.07) is 8.48. The summed E-state index contributed by atoms with van der Waals surface area (Å²) in [7, 11) is 0. The van der Waals surface area contributed by atoms with Crippen LogP contribution in [0.5, 0.6) is 0 Å². The maximum Gasteiger partial charge on any atom is 0.435 e. The molecule has 10 heteroatoms. The first-order chi connectivity index (χ1) is 13.4. The smallest absolute Gasteiger partial charge is 0.354 e. The van der Waals surface area contributed by atoms with E-state index in [1.807, 2.05) is 24.3 Å². The standard InChI is InChI=1S/C18H19F3N6O/c19-18(20,21)16-10-15(12-6-7-12)26(24-16)9-3-8-22-17(28)11-27-14-5-2-1-4-13(14)23-25-27/h1-2,4-5,10,12H,3,6-9,11H2,(H,22,28). The van der Waals surface area contributed by atoms with E-state index in [9.17, 15) is 18.0 Å². The highest BCUT2D eigenvalue weighted by molar-refractivity contribution is 5.79. The summed E-state index contributed by atoms with van der Waals surface area (Å²) in [6.07, 6.45) is -2.16. The first-order valence-corrected chi connectivity index (χ1v) is 9.11. The molecule has 148 valence electrons. The fraction of sp³-hybridized carbons (Fsp3) is 0.444. The van der Waals surface area contributed by atoms with Crippen molar-refractivity contribution < 1.29 is 18.0 Å². The van der Waals surface area contributed by atoms with Crippen LogP contribution in [0.3, 0.4) is 0 Å². The molecule has 2 aromatic heterocycles. The van der Waals surface area contributed by atoms with Gasteiger partial charge >= 0.3 is 6.18 Å². The predicted molar refractivity (Wildman–Crippen MR) is 94.4 cm³/mol. The van der Waals surface area contributed by atoms with Gasteiger partial charge in [0.25, 0.3) is 0 Å². The normalized spacial score (nSPS) is 14.5. The molecule has 0 spiro atoms. The van der Waals surface area contributed by atoms with E-state index in [0.717, 1.165) is 24.4 Å². The SMILES string of the molecule is O=C(Cn1nnc2ccccc21)NCCCn1nc(C(F)(F)F)cc1C1CC1. The summed E-state index contributed by atoms with van der Waals surface area (Å²) in [5, 5.41) is 14.4. The minimum absolute atomic E-state index is 0.0355. The molecule has 0 radical (unpaired) electrons. The van der Waals surface area contributed by atoms with Gasteiger partial charge in [-0.1, -0.05) is 17.3 Å². The highest BCUT2D eigenvalue weighted by atomic mass is 19.4. The van der Waals surface area contributed by atoms with Crippen molar-refractivity contribution in [1.82, 2.24) is 30.1 Å². The van der Waals surface area contributed by atoms with Gasteiger partial charge in [-0.3, -0.25) is 9.48 Å². The minimum Gasteiger partial charge on any atom is -0.354 e. The van der Waals surface area contributed by atoms with Gasteiger partial charge in [0.15, 0.2) is 5.69 Å². The van der Waals surface area contributed by atoms with E-state index >= 15 is 0 Å². The van der Waals surface area contributed by atoms with Crippen LogP contribution in [0.1, 0.15) is 36.6 Å². The lowest BCUT2D eigenvalue weighted by Gasteiger charge is -2.08. The number of alkyl halides is 3. The summed E-state index contributed by atoms with van der Waals surface area (Å²) < 4.78 is 41.7. The molecular formula is C18H19F3N6O. The lowest BCUT2D eigenvalue weighted by Crippen LogP contribution is -2.29. The first-order valence-electron chi connectivity index (χ1n) is 9.11. The van der Waals surface area contributed by atoms with Gasteiger partial charge in [-0.15, -0.1) is 5.10 Å². The number of halogens is 3. The maximum atomic E-state index is 12.9. The van der Waals surface area contributed by atoms with Crippen molar-refractivity contribution >= 4 is 16.9 Å². The van der Waals surface area contributed by atoms with Gasteiger partial charge < -0.3 is 5.32 Å². The molecule has 0 atom stereocenters. The molecule has 1 fully saturated rings. The number of benzene rings is 1. The third-order valence-corrected chi connectivity index (χ3v) is 4.68. The molecule has 1 aromatic carbocycles. The fourth-order valence-electron chi connectivity index (χ4n) is 3.14. The van der Waals surface area contributed by atoms with Crippen LogP contribution in [0, 0.1) is 0 Å². The molecule has 1 aliphatic rings. The zero-order chi connectivity index (χ0) is 19.7. The van der Waals surface area contributed by atoms with Crippen LogP contribution in [0.4, 0.5) is 13.2 Å². The molecule has 7 nitrogen and oxygen atoms in total. The number of aryl methyl sites for hydroxylation is 1. The van der Waals surface area contributed by atoms with Gasteiger partial charge in [-0.25, -0.2) is 4.68 Å². The van der Waals surface area contributed by atoms with Crippen LogP contribution in [0.15, 0.2) is 30.3 Å². The third-order valence-electron chi connectivity index (χ3n) is 4.68. The number of fused-ring (bicyclic) bond motifs is 1. The van der Waals surface area contributed by atoms with Gasteiger partial charge in [-0.05, 0) is 37.5 Å². The van der Waals surface area contributed by atoms with Gasteiger partial charge in [0.05, 0.1) is 5.52 Å². The fourth-order valence-corrected chi connectivity index (χ4v) is 3.14. The zero-order valence-corrected chi connectivity index (χ0v) is 15.0. The number of rotatable bonds is 7. The van der Waals surface area contributed by atoms with Gasteiger partial charge in [-0.2, -0.15) is 18.3 Å². The summed E-state index contributed by atoms with van der Waals surface area (Å²) >= 11 is 0. The molecule has 4 rings (SSSR count). The van der Waals surface area contributed by atoms with E-state index < -0.39 is 11.9 Å². The Morgan fingerprint density at radius 2 is 2.00 bits per heavy atom. The molecule has 1 amide bonds. The first kappa shape index (κ1) is 18.5. The lowest BCUT2D eigenvalue weighted by atomic mass is 10.2. The van der Waals surface area contributed by atoms with E-state index in [0.29, 0.717) is 30.7 Å². The predicted octanol–water partition coefficient (Wildman–Crippen LogP) is 2.73. The molecule has 0 aliphatic heterocycles. The number of nitrogens with one attached hydrogen (secondary N) is 1. The number of amides is 1. The van der Waals surface area contributed by atoms with Crippen molar-refractivity contribution in [3.63, 3.8) is 0 Å². The molecule has 28 heavy (non-hydrogen) atoms. The Kier molecular flexibility index (Phi) is 4.78. The van der Waals surface area contributed by atoms with Crippen molar-refractivity contribution in [3.8, 4) is 0 Å². The number of aromatic nitrogens is 5. The number of para-hydroxylation sites is 1. The van der Waals surface area contributed by atoms with Crippen molar-refractivity contribution in [2.45, 2.75) is 44.4 Å². The Hall–Kier alpha value is -2.91. The summed E-state index contributed by atoms with van der Waals surface area (Å²) in [5.74, 6) is -0.0618. The van der Waals surface area contributed by atoms with E-state index in [-0.39, 0.29) is 18.4 Å². The average Bonchev–Trinajstić information content (AvgIpc) is 3.28. The van der Waals surface area contributed by atoms with Crippen molar-refractivity contribution in [1.29, 1.82) is 0 Å². The Labute approximate surface area is 158 Å². The van der Waals surface area contributed by atoms with Crippen LogP contribution in [0.2, 0.25) is 0 Å². The minimum atomic E-state index is -4.44. The second kappa shape index (κ2) is 7.25. The molecule has 0 unspecified atom stereocenters. The number of hydrogen-bond acceptors (Lipinski definition) is 4. The molecular weight excluding hydrogens is 373 g/mol. The average molecular weight is 392 g/mol. The van der Waals surface area contributed by atoms with Crippen molar-refractivity contribution in [3.05, 3.63) is 41.7 Å². The highest BCUT2D eigenvalue weighted by Gasteiger charge is 2.37. The second-order valence-electron chi connectivity index (χ2n) is 6.89. The number of carbonyl (C=O) groups is 1.